The van der Waals surface area contributed by atoms with Gasteiger partial charge in [-0.2, -0.15) is 0 Å². The predicted octanol–water partition coefficient (Wildman–Crippen LogP) is 4.23. The monoisotopic (exact) mass is 512 g/mol. The Bertz CT molecular complexity index is 810. The molecule has 0 bridgehead atoms. The first kappa shape index (κ1) is 23.1. The molecule has 1 aliphatic carbocycles. The Kier molecular flexibility index (Phi) is 9.30. The van der Waals surface area contributed by atoms with Gasteiger partial charge in [0.1, 0.15) is 6.10 Å². The summed E-state index contributed by atoms with van der Waals surface area (Å²) < 4.78 is 16.7. The average Bonchev–Trinajstić information content (AvgIpc) is 3.25. The number of hydrogen-bond donors (Lipinski definition) is 2. The van der Waals surface area contributed by atoms with Gasteiger partial charge in [-0.1, -0.05) is 6.07 Å². The summed E-state index contributed by atoms with van der Waals surface area (Å²) in [6, 6.07) is 9.57. The highest BCUT2D eigenvalue weighted by Crippen LogP contribution is 2.29. The van der Waals surface area contributed by atoms with Gasteiger partial charge in [0.25, 0.3) is 0 Å². The van der Waals surface area contributed by atoms with Gasteiger partial charge >= 0.3 is 0 Å². The zero-order valence-corrected chi connectivity index (χ0v) is 19.4. The van der Waals surface area contributed by atoms with Crippen LogP contribution in [0.1, 0.15) is 31.2 Å². The highest BCUT2D eigenvalue weighted by molar-refractivity contribution is 14.0. The number of guanidine groups is 1. The van der Waals surface area contributed by atoms with Crippen molar-refractivity contribution in [2.45, 2.75) is 38.3 Å². The molecule has 0 aliphatic heterocycles. The second-order valence-electron chi connectivity index (χ2n) is 6.61. The summed E-state index contributed by atoms with van der Waals surface area (Å²) in [6.07, 6.45) is 6.71. The number of hydrogen-bond acceptors (Lipinski definition) is 5. The van der Waals surface area contributed by atoms with Gasteiger partial charge in [-0.05, 0) is 43.9 Å². The Hall–Kier alpha value is -2.23. The van der Waals surface area contributed by atoms with E-state index in [9.17, 15) is 0 Å². The molecule has 29 heavy (non-hydrogen) atoms. The predicted molar refractivity (Wildman–Crippen MR) is 126 cm³/mol. The molecular formula is C21H29IN4O3. The van der Waals surface area contributed by atoms with Crippen LogP contribution in [-0.2, 0) is 6.54 Å². The number of halogens is 1. The van der Waals surface area contributed by atoms with Crippen LogP contribution >= 0.6 is 24.0 Å². The maximum Gasteiger partial charge on any atom is 0.218 e. The van der Waals surface area contributed by atoms with E-state index in [1.54, 1.807) is 27.5 Å². The zero-order valence-electron chi connectivity index (χ0n) is 17.1. The van der Waals surface area contributed by atoms with Gasteiger partial charge in [0.15, 0.2) is 17.5 Å². The molecule has 1 aromatic heterocycles. The molecule has 1 aliphatic rings. The van der Waals surface area contributed by atoms with Gasteiger partial charge in [-0.15, -0.1) is 24.0 Å². The first-order valence-corrected chi connectivity index (χ1v) is 9.53. The molecular weight excluding hydrogens is 483 g/mol. The maximum atomic E-state index is 6.10. The third-order valence-electron chi connectivity index (χ3n) is 4.75. The smallest absolute Gasteiger partial charge is 0.218 e. The first-order valence-electron chi connectivity index (χ1n) is 9.53. The lowest BCUT2D eigenvalue weighted by Gasteiger charge is -2.17. The molecule has 2 N–H and O–H groups in total. The third kappa shape index (κ3) is 6.38. The van der Waals surface area contributed by atoms with Crippen LogP contribution in [0.2, 0.25) is 0 Å². The van der Waals surface area contributed by atoms with E-state index in [0.717, 1.165) is 24.1 Å². The van der Waals surface area contributed by atoms with Gasteiger partial charge < -0.3 is 24.8 Å². The molecule has 1 aromatic carbocycles. The van der Waals surface area contributed by atoms with E-state index in [4.69, 9.17) is 14.2 Å². The van der Waals surface area contributed by atoms with Crippen molar-refractivity contribution in [3.8, 4) is 17.4 Å². The molecule has 0 saturated heterocycles. The van der Waals surface area contributed by atoms with E-state index in [-0.39, 0.29) is 30.1 Å². The summed E-state index contributed by atoms with van der Waals surface area (Å²) in [5, 5.41) is 6.57. The summed E-state index contributed by atoms with van der Waals surface area (Å²) >= 11 is 0. The number of aromatic nitrogens is 1. The number of aliphatic imine (C=N–C) groups is 1. The first-order chi connectivity index (χ1) is 13.7. The van der Waals surface area contributed by atoms with E-state index in [0.29, 0.717) is 29.9 Å². The Morgan fingerprint density at radius 2 is 1.90 bits per heavy atom. The molecule has 158 valence electrons. The lowest BCUT2D eigenvalue weighted by atomic mass is 10.2. The minimum Gasteiger partial charge on any atom is -0.493 e. The maximum absolute atomic E-state index is 6.10. The lowest BCUT2D eigenvalue weighted by molar-refractivity contribution is 0.199. The average molecular weight is 512 g/mol. The van der Waals surface area contributed by atoms with Gasteiger partial charge in [-0.25, -0.2) is 4.98 Å². The molecule has 8 heteroatoms. The van der Waals surface area contributed by atoms with Crippen LogP contribution in [0.5, 0.6) is 17.4 Å². The summed E-state index contributed by atoms with van der Waals surface area (Å²) in [7, 11) is 4.96. The number of benzene rings is 1. The van der Waals surface area contributed by atoms with E-state index in [1.165, 1.54) is 12.8 Å². The van der Waals surface area contributed by atoms with Gasteiger partial charge in [0.05, 0.1) is 14.2 Å². The normalized spacial score (nSPS) is 14.1. The Morgan fingerprint density at radius 3 is 2.59 bits per heavy atom. The fourth-order valence-corrected chi connectivity index (χ4v) is 3.24. The van der Waals surface area contributed by atoms with E-state index in [2.05, 4.69) is 20.6 Å². The number of anilines is 1. The van der Waals surface area contributed by atoms with Crippen LogP contribution < -0.4 is 24.8 Å². The number of nitrogens with one attached hydrogen (secondary N) is 2. The number of methoxy groups -OCH3 is 2. The molecule has 0 amide bonds. The van der Waals surface area contributed by atoms with Crippen LogP contribution in [0.15, 0.2) is 41.5 Å². The molecule has 0 spiro atoms. The van der Waals surface area contributed by atoms with Crippen molar-refractivity contribution in [1.82, 2.24) is 10.3 Å². The van der Waals surface area contributed by atoms with E-state index >= 15 is 0 Å². The summed E-state index contributed by atoms with van der Waals surface area (Å²) in [5.41, 5.74) is 1.85. The fourth-order valence-electron chi connectivity index (χ4n) is 3.24. The SMILES string of the molecule is CN=C(NCc1cccnc1OC1CCCC1)Nc1ccc(OC)c(OC)c1.I. The quantitative estimate of drug-likeness (QED) is 0.329. The molecule has 1 fully saturated rings. The lowest BCUT2D eigenvalue weighted by Crippen LogP contribution is -2.30. The van der Waals surface area contributed by atoms with E-state index < -0.39 is 0 Å². The highest BCUT2D eigenvalue weighted by atomic mass is 127. The van der Waals surface area contributed by atoms with Crippen LogP contribution in [0.4, 0.5) is 5.69 Å². The molecule has 2 aromatic rings. The summed E-state index contributed by atoms with van der Waals surface area (Å²) in [4.78, 5) is 8.71. The number of rotatable bonds is 7. The molecule has 1 heterocycles. The molecule has 0 radical (unpaired) electrons. The Morgan fingerprint density at radius 1 is 1.14 bits per heavy atom. The highest BCUT2D eigenvalue weighted by Gasteiger charge is 2.18. The standard InChI is InChI=1S/C21H28N4O3.HI/c1-22-21(25-16-10-11-18(26-2)19(13-16)27-3)24-14-15-7-6-12-23-20(15)28-17-8-4-5-9-17;/h6-7,10-13,17H,4-5,8-9,14H2,1-3H3,(H2,22,24,25);1H. The van der Waals surface area contributed by atoms with Crippen molar-refractivity contribution >= 4 is 35.6 Å². The summed E-state index contributed by atoms with van der Waals surface area (Å²) in [5.74, 6) is 2.67. The second-order valence-corrected chi connectivity index (χ2v) is 6.61. The Labute approximate surface area is 189 Å². The van der Waals surface area contributed by atoms with Crippen molar-refractivity contribution in [2.24, 2.45) is 4.99 Å². The Balaban J connectivity index is 0.00000300. The third-order valence-corrected chi connectivity index (χ3v) is 4.75. The molecule has 1 saturated carbocycles. The topological polar surface area (TPSA) is 77.0 Å². The summed E-state index contributed by atoms with van der Waals surface area (Å²) in [6.45, 7) is 0.558. The van der Waals surface area contributed by atoms with Crippen LogP contribution in [0.25, 0.3) is 0 Å². The van der Waals surface area contributed by atoms with Gasteiger partial charge in [0, 0.05) is 37.1 Å². The van der Waals surface area contributed by atoms with Gasteiger partial charge in [-0.3, -0.25) is 4.99 Å². The van der Waals surface area contributed by atoms with Crippen molar-refractivity contribution < 1.29 is 14.2 Å². The molecule has 0 unspecified atom stereocenters. The number of nitrogens with zero attached hydrogens (tertiary/aromatic N) is 2. The fraction of sp³-hybridized carbons (Fsp3) is 0.429. The van der Waals surface area contributed by atoms with Crippen LogP contribution in [0.3, 0.4) is 0 Å². The van der Waals surface area contributed by atoms with Crippen molar-refractivity contribution in [3.05, 3.63) is 42.1 Å². The number of pyridine rings is 1. The van der Waals surface area contributed by atoms with Crippen molar-refractivity contribution in [2.75, 3.05) is 26.6 Å². The van der Waals surface area contributed by atoms with Gasteiger partial charge in [0.2, 0.25) is 5.88 Å². The van der Waals surface area contributed by atoms with Crippen molar-refractivity contribution in [3.63, 3.8) is 0 Å². The second kappa shape index (κ2) is 11.7. The van der Waals surface area contributed by atoms with E-state index in [1.807, 2.05) is 30.3 Å². The molecule has 3 rings (SSSR count). The van der Waals surface area contributed by atoms with Crippen molar-refractivity contribution in [1.29, 1.82) is 0 Å². The zero-order chi connectivity index (χ0) is 19.8. The minimum atomic E-state index is 0. The minimum absolute atomic E-state index is 0. The molecule has 7 nitrogen and oxygen atoms in total. The van der Waals surface area contributed by atoms with Crippen LogP contribution in [0, 0.1) is 0 Å². The van der Waals surface area contributed by atoms with Crippen LogP contribution in [-0.4, -0.2) is 38.3 Å². The largest absolute Gasteiger partial charge is 0.493 e. The number of ether oxygens (including phenoxy) is 3. The molecule has 0 atom stereocenters.